The van der Waals surface area contributed by atoms with E-state index < -0.39 is 5.60 Å². The number of nitrogens with one attached hydrogen (secondary N) is 1. The number of hydrogen-bond acceptors (Lipinski definition) is 6. The molecule has 2 saturated heterocycles. The van der Waals surface area contributed by atoms with Crippen LogP contribution in [-0.4, -0.2) is 77.0 Å². The van der Waals surface area contributed by atoms with Gasteiger partial charge in [0.05, 0.1) is 29.5 Å². The number of likely N-dealkylation sites (tertiary alicyclic amines) is 1. The minimum Gasteiger partial charge on any atom is -0.444 e. The molecule has 2 aliphatic rings. The number of aromatic nitrogens is 5. The van der Waals surface area contributed by atoms with E-state index in [1.54, 1.807) is 30.2 Å². The van der Waals surface area contributed by atoms with E-state index in [0.717, 1.165) is 19.3 Å². The third-order valence-electron chi connectivity index (χ3n) is 6.44. The summed E-state index contributed by atoms with van der Waals surface area (Å²) in [5, 5.41) is 8.72. The maximum atomic E-state index is 13.5. The molecule has 34 heavy (non-hydrogen) atoms. The predicted octanol–water partition coefficient (Wildman–Crippen LogP) is 2.13. The van der Waals surface area contributed by atoms with Gasteiger partial charge in [0.15, 0.2) is 0 Å². The van der Waals surface area contributed by atoms with Crippen LogP contribution in [0.15, 0.2) is 29.3 Å². The molecular formula is C23H29N7O4. The topological polar surface area (TPSA) is 118 Å². The molecule has 0 radical (unpaired) electrons. The second-order valence-corrected chi connectivity index (χ2v) is 10.0. The van der Waals surface area contributed by atoms with Gasteiger partial charge in [-0.05, 0) is 59.1 Å². The van der Waals surface area contributed by atoms with E-state index in [1.165, 1.54) is 15.4 Å². The van der Waals surface area contributed by atoms with E-state index in [0.29, 0.717) is 29.9 Å². The summed E-state index contributed by atoms with van der Waals surface area (Å²) < 4.78 is 8.58. The van der Waals surface area contributed by atoms with Crippen LogP contribution in [-0.2, 0) is 4.74 Å². The highest BCUT2D eigenvalue weighted by Gasteiger charge is 2.43. The molecule has 2 atom stereocenters. The lowest BCUT2D eigenvalue weighted by atomic mass is 9.91. The first-order chi connectivity index (χ1) is 16.1. The van der Waals surface area contributed by atoms with Gasteiger partial charge in [-0.25, -0.2) is 14.0 Å². The van der Waals surface area contributed by atoms with E-state index in [4.69, 9.17) is 4.74 Å². The molecule has 2 aliphatic heterocycles. The van der Waals surface area contributed by atoms with Crippen molar-refractivity contribution in [2.24, 2.45) is 0 Å². The number of rotatable bonds is 2. The lowest BCUT2D eigenvalue weighted by Gasteiger charge is -2.49. The van der Waals surface area contributed by atoms with Gasteiger partial charge in [0.1, 0.15) is 11.1 Å². The van der Waals surface area contributed by atoms with Gasteiger partial charge in [-0.2, -0.15) is 5.10 Å². The second kappa shape index (κ2) is 8.00. The molecule has 2 bridgehead atoms. The number of piperidine rings is 1. The van der Waals surface area contributed by atoms with Crippen molar-refractivity contribution in [2.45, 2.75) is 64.6 Å². The molecule has 2 fully saturated rings. The molecule has 1 N–H and O–H groups in total. The maximum Gasteiger partial charge on any atom is 0.410 e. The molecule has 5 rings (SSSR count). The number of hydrogen-bond donors (Lipinski definition) is 1. The van der Waals surface area contributed by atoms with Crippen LogP contribution >= 0.6 is 0 Å². The molecule has 0 saturated carbocycles. The Labute approximate surface area is 196 Å². The van der Waals surface area contributed by atoms with E-state index in [-0.39, 0.29) is 35.6 Å². The van der Waals surface area contributed by atoms with Crippen molar-refractivity contribution >= 4 is 17.5 Å². The standard InChI is InChI=1S/C23H29N7O4/c1-14-17(11-24-30(14)21-25-19(31)18-9-6-10-28(18)26-21)20(32)27-12-15-7-5-8-16(13-27)29(15)22(33)34-23(2,3)4/h6,9-11,15-16H,5,7-8,12-13H2,1-4H3,(H,25,26,31). The van der Waals surface area contributed by atoms with Crippen molar-refractivity contribution in [1.29, 1.82) is 0 Å². The van der Waals surface area contributed by atoms with Crippen molar-refractivity contribution in [3.05, 3.63) is 46.1 Å². The molecule has 0 spiro atoms. The van der Waals surface area contributed by atoms with Crippen LogP contribution in [0, 0.1) is 6.92 Å². The molecule has 5 heterocycles. The van der Waals surface area contributed by atoms with Crippen LogP contribution in [0.4, 0.5) is 4.79 Å². The number of nitrogens with zero attached hydrogens (tertiary/aromatic N) is 6. The van der Waals surface area contributed by atoms with Crippen molar-refractivity contribution in [2.75, 3.05) is 13.1 Å². The minimum atomic E-state index is -0.567. The Balaban J connectivity index is 1.38. The molecule has 11 nitrogen and oxygen atoms in total. The van der Waals surface area contributed by atoms with Crippen LogP contribution in [0.25, 0.3) is 11.5 Å². The number of amides is 2. The first-order valence-corrected chi connectivity index (χ1v) is 11.6. The van der Waals surface area contributed by atoms with Gasteiger partial charge >= 0.3 is 6.09 Å². The first-order valence-electron chi connectivity index (χ1n) is 11.6. The van der Waals surface area contributed by atoms with Crippen molar-refractivity contribution in [1.82, 2.24) is 34.2 Å². The highest BCUT2D eigenvalue weighted by Crippen LogP contribution is 2.31. The summed E-state index contributed by atoms with van der Waals surface area (Å²) in [5.74, 6) is 0.0887. The Kier molecular flexibility index (Phi) is 5.22. The predicted molar refractivity (Wildman–Crippen MR) is 123 cm³/mol. The van der Waals surface area contributed by atoms with E-state index in [1.807, 2.05) is 25.7 Å². The number of H-pyrrole nitrogens is 1. The first kappa shape index (κ1) is 22.2. The quantitative estimate of drug-likeness (QED) is 0.617. The van der Waals surface area contributed by atoms with Gasteiger partial charge in [-0.3, -0.25) is 19.5 Å². The fourth-order valence-electron chi connectivity index (χ4n) is 4.92. The molecule has 11 heteroatoms. The summed E-state index contributed by atoms with van der Waals surface area (Å²) in [4.78, 5) is 45.0. The fraction of sp³-hybridized carbons (Fsp3) is 0.522. The smallest absolute Gasteiger partial charge is 0.410 e. The van der Waals surface area contributed by atoms with Gasteiger partial charge in [0.25, 0.3) is 11.5 Å². The summed E-state index contributed by atoms with van der Waals surface area (Å²) in [6.07, 6.45) is 5.57. The minimum absolute atomic E-state index is 0.0733. The van der Waals surface area contributed by atoms with Gasteiger partial charge < -0.3 is 9.64 Å². The van der Waals surface area contributed by atoms with E-state index in [2.05, 4.69) is 15.2 Å². The Morgan fingerprint density at radius 3 is 2.56 bits per heavy atom. The monoisotopic (exact) mass is 467 g/mol. The number of fused-ring (bicyclic) bond motifs is 3. The SMILES string of the molecule is Cc1c(C(=O)N2CC3CCCC(C2)N3C(=O)OC(C)(C)C)cnn1-c1nn2cccc2c(=O)[nH]1. The number of piperazine rings is 1. The molecule has 0 aromatic carbocycles. The molecule has 2 unspecified atom stereocenters. The highest BCUT2D eigenvalue weighted by molar-refractivity contribution is 5.95. The molecular weight excluding hydrogens is 438 g/mol. The van der Waals surface area contributed by atoms with E-state index >= 15 is 0 Å². The van der Waals surface area contributed by atoms with Crippen LogP contribution in [0.3, 0.4) is 0 Å². The normalized spacial score (nSPS) is 20.6. The molecule has 3 aromatic heterocycles. The third kappa shape index (κ3) is 3.84. The van der Waals surface area contributed by atoms with Gasteiger partial charge in [0, 0.05) is 19.3 Å². The van der Waals surface area contributed by atoms with Gasteiger partial charge in [-0.15, -0.1) is 5.10 Å². The Morgan fingerprint density at radius 1 is 1.18 bits per heavy atom. The van der Waals surface area contributed by atoms with Gasteiger partial charge in [-0.1, -0.05) is 0 Å². The summed E-state index contributed by atoms with van der Waals surface area (Å²) >= 11 is 0. The Morgan fingerprint density at radius 2 is 1.88 bits per heavy atom. The Hall–Kier alpha value is -3.63. The fourth-order valence-corrected chi connectivity index (χ4v) is 4.92. The zero-order chi connectivity index (χ0) is 24.2. The van der Waals surface area contributed by atoms with Crippen LogP contribution in [0.1, 0.15) is 56.1 Å². The van der Waals surface area contributed by atoms with Crippen molar-refractivity contribution in [3.8, 4) is 5.95 Å². The average Bonchev–Trinajstić information content (AvgIpc) is 3.37. The molecule has 3 aromatic rings. The number of aromatic amines is 1. The van der Waals surface area contributed by atoms with Gasteiger partial charge in [0.2, 0.25) is 5.95 Å². The Bertz CT molecular complexity index is 1300. The third-order valence-corrected chi connectivity index (χ3v) is 6.44. The molecule has 0 aliphatic carbocycles. The van der Waals surface area contributed by atoms with Crippen LogP contribution < -0.4 is 5.56 Å². The van der Waals surface area contributed by atoms with E-state index in [9.17, 15) is 14.4 Å². The summed E-state index contributed by atoms with van der Waals surface area (Å²) in [7, 11) is 0. The second-order valence-electron chi connectivity index (χ2n) is 10.0. The van der Waals surface area contributed by atoms with Crippen molar-refractivity contribution < 1.29 is 14.3 Å². The largest absolute Gasteiger partial charge is 0.444 e. The summed E-state index contributed by atoms with van der Waals surface area (Å²) in [5.41, 5.74) is 0.601. The zero-order valence-electron chi connectivity index (χ0n) is 19.8. The van der Waals surface area contributed by atoms with Crippen molar-refractivity contribution in [3.63, 3.8) is 0 Å². The summed E-state index contributed by atoms with van der Waals surface area (Å²) in [6.45, 7) is 8.25. The average molecular weight is 468 g/mol. The maximum absolute atomic E-state index is 13.5. The molecule has 180 valence electrons. The summed E-state index contributed by atoms with van der Waals surface area (Å²) in [6, 6.07) is 3.26. The lowest BCUT2D eigenvalue weighted by molar-refractivity contribution is -0.0334. The van der Waals surface area contributed by atoms with Crippen LogP contribution in [0.2, 0.25) is 0 Å². The zero-order valence-corrected chi connectivity index (χ0v) is 19.8. The lowest BCUT2D eigenvalue weighted by Crippen LogP contribution is -2.64. The number of ether oxygens (including phenoxy) is 1. The molecule has 2 amide bonds. The van der Waals surface area contributed by atoms with Crippen LogP contribution in [0.5, 0.6) is 0 Å². The highest BCUT2D eigenvalue weighted by atomic mass is 16.6. The number of carbonyl (C=O) groups is 2. The number of carbonyl (C=O) groups excluding carboxylic acids is 2.